The van der Waals surface area contributed by atoms with Crippen LogP contribution in [0.5, 0.6) is 0 Å². The van der Waals surface area contributed by atoms with Gasteiger partial charge in [-0.1, -0.05) is 17.3 Å². The first kappa shape index (κ1) is 17.4. The van der Waals surface area contributed by atoms with Crippen LogP contribution in [0.15, 0.2) is 48.9 Å². The van der Waals surface area contributed by atoms with Crippen molar-refractivity contribution in [1.82, 2.24) is 35.4 Å². The van der Waals surface area contributed by atoms with Crippen LogP contribution in [0.4, 0.5) is 0 Å². The first-order chi connectivity index (χ1) is 13.2. The van der Waals surface area contributed by atoms with Gasteiger partial charge in [0, 0.05) is 12.4 Å². The van der Waals surface area contributed by atoms with Crippen molar-refractivity contribution in [3.63, 3.8) is 0 Å². The zero-order valence-corrected chi connectivity index (χ0v) is 15.2. The lowest BCUT2D eigenvalue weighted by atomic mass is 10.1. The minimum absolute atomic E-state index is 0.156. The van der Waals surface area contributed by atoms with Gasteiger partial charge >= 0.3 is 0 Å². The molecule has 3 heterocycles. The summed E-state index contributed by atoms with van der Waals surface area (Å²) < 4.78 is 3.61. The van der Waals surface area contributed by atoms with Gasteiger partial charge in [-0.2, -0.15) is 5.10 Å². The van der Waals surface area contributed by atoms with Gasteiger partial charge in [-0.25, -0.2) is 9.36 Å². The molecule has 0 aliphatic carbocycles. The number of nitrogens with one attached hydrogen (secondary N) is 2. The van der Waals surface area contributed by atoms with Crippen molar-refractivity contribution in [1.29, 1.82) is 0 Å². The third-order valence-electron chi connectivity index (χ3n) is 4.91. The van der Waals surface area contributed by atoms with Crippen molar-refractivity contribution in [3.8, 4) is 5.69 Å². The van der Waals surface area contributed by atoms with Gasteiger partial charge in [0.15, 0.2) is 5.69 Å². The highest BCUT2D eigenvalue weighted by atomic mass is 16.2. The molecule has 1 saturated heterocycles. The zero-order chi connectivity index (χ0) is 18.6. The highest BCUT2D eigenvalue weighted by Gasteiger charge is 2.20. The van der Waals surface area contributed by atoms with Crippen molar-refractivity contribution >= 4 is 5.91 Å². The molecule has 140 valence electrons. The summed E-state index contributed by atoms with van der Waals surface area (Å²) in [6.07, 6.45) is 7.38. The predicted octanol–water partition coefficient (Wildman–Crippen LogP) is 1.88. The molecule has 1 amide bonds. The van der Waals surface area contributed by atoms with Crippen LogP contribution < -0.4 is 10.6 Å². The largest absolute Gasteiger partial charge is 0.344 e. The Morgan fingerprint density at radius 2 is 2.15 bits per heavy atom. The fraction of sp³-hybridized carbons (Fsp3) is 0.368. The summed E-state index contributed by atoms with van der Waals surface area (Å²) in [5.41, 5.74) is 2.31. The normalized spacial score (nSPS) is 16.2. The number of nitrogens with zero attached hydrogens (tertiary/aromatic N) is 5. The number of amides is 1. The van der Waals surface area contributed by atoms with Crippen LogP contribution in [0, 0.1) is 0 Å². The summed E-state index contributed by atoms with van der Waals surface area (Å²) in [5, 5.41) is 18.8. The van der Waals surface area contributed by atoms with Crippen LogP contribution in [0.3, 0.4) is 0 Å². The average molecular weight is 365 g/mol. The van der Waals surface area contributed by atoms with E-state index in [1.165, 1.54) is 0 Å². The minimum atomic E-state index is -0.216. The maximum atomic E-state index is 12.6. The Hall–Kier alpha value is -3.00. The molecule has 4 rings (SSSR count). The van der Waals surface area contributed by atoms with Gasteiger partial charge in [-0.3, -0.25) is 4.79 Å². The van der Waals surface area contributed by atoms with Crippen molar-refractivity contribution < 1.29 is 4.79 Å². The van der Waals surface area contributed by atoms with Crippen molar-refractivity contribution in [3.05, 3.63) is 60.2 Å². The molecule has 0 bridgehead atoms. The van der Waals surface area contributed by atoms with Crippen molar-refractivity contribution in [2.24, 2.45) is 0 Å². The van der Waals surface area contributed by atoms with Gasteiger partial charge in [0.25, 0.3) is 5.91 Å². The SMILES string of the molecule is CC(NC(=O)c1cn(C2CCNCC2)nn1)c1cccc(-n2cccn2)c1. The molecule has 0 saturated carbocycles. The Morgan fingerprint density at radius 3 is 2.93 bits per heavy atom. The number of hydrogen-bond donors (Lipinski definition) is 2. The molecule has 1 fully saturated rings. The first-order valence-corrected chi connectivity index (χ1v) is 9.24. The number of carbonyl (C=O) groups is 1. The van der Waals surface area contributed by atoms with E-state index in [1.807, 2.05) is 48.1 Å². The smallest absolute Gasteiger partial charge is 0.273 e. The fourth-order valence-electron chi connectivity index (χ4n) is 3.34. The van der Waals surface area contributed by atoms with E-state index in [9.17, 15) is 4.79 Å². The second-order valence-corrected chi connectivity index (χ2v) is 6.81. The lowest BCUT2D eigenvalue weighted by molar-refractivity contribution is 0.0934. The average Bonchev–Trinajstić information content (AvgIpc) is 3.41. The van der Waals surface area contributed by atoms with Gasteiger partial charge in [-0.15, -0.1) is 5.10 Å². The maximum absolute atomic E-state index is 12.6. The van der Waals surface area contributed by atoms with E-state index in [0.717, 1.165) is 37.2 Å². The molecular weight excluding hydrogens is 342 g/mol. The molecule has 0 spiro atoms. The molecule has 1 aromatic carbocycles. The topological polar surface area (TPSA) is 89.7 Å². The van der Waals surface area contributed by atoms with E-state index < -0.39 is 0 Å². The van der Waals surface area contributed by atoms with Crippen LogP contribution in [-0.2, 0) is 0 Å². The van der Waals surface area contributed by atoms with E-state index in [1.54, 1.807) is 17.1 Å². The van der Waals surface area contributed by atoms with E-state index >= 15 is 0 Å². The van der Waals surface area contributed by atoms with Crippen molar-refractivity contribution in [2.75, 3.05) is 13.1 Å². The Bertz CT molecular complexity index is 896. The molecule has 2 aromatic heterocycles. The molecule has 8 heteroatoms. The van der Waals surface area contributed by atoms with Gasteiger partial charge in [0.1, 0.15) is 0 Å². The highest BCUT2D eigenvalue weighted by Crippen LogP contribution is 2.19. The first-order valence-electron chi connectivity index (χ1n) is 9.24. The lowest BCUT2D eigenvalue weighted by Gasteiger charge is -2.22. The van der Waals surface area contributed by atoms with Gasteiger partial charge in [-0.05, 0) is 56.6 Å². The molecule has 1 unspecified atom stereocenters. The Labute approximate surface area is 157 Å². The molecule has 0 radical (unpaired) electrons. The highest BCUT2D eigenvalue weighted by molar-refractivity contribution is 5.92. The van der Waals surface area contributed by atoms with Crippen LogP contribution in [0.1, 0.15) is 47.9 Å². The third kappa shape index (κ3) is 3.90. The number of rotatable bonds is 5. The van der Waals surface area contributed by atoms with Gasteiger partial charge in [0.05, 0.1) is 24.0 Å². The number of hydrogen-bond acceptors (Lipinski definition) is 5. The Morgan fingerprint density at radius 1 is 1.30 bits per heavy atom. The lowest BCUT2D eigenvalue weighted by Crippen LogP contribution is -2.29. The van der Waals surface area contributed by atoms with Crippen molar-refractivity contribution in [2.45, 2.75) is 31.8 Å². The summed E-state index contributed by atoms with van der Waals surface area (Å²) in [4.78, 5) is 12.6. The zero-order valence-electron chi connectivity index (χ0n) is 15.2. The summed E-state index contributed by atoms with van der Waals surface area (Å²) in [7, 11) is 0. The Kier molecular flexibility index (Phi) is 4.97. The summed E-state index contributed by atoms with van der Waals surface area (Å²) in [6, 6.07) is 9.98. The molecule has 3 aromatic rings. The minimum Gasteiger partial charge on any atom is -0.344 e. The van der Waals surface area contributed by atoms with Crippen LogP contribution >= 0.6 is 0 Å². The second kappa shape index (κ2) is 7.71. The number of benzene rings is 1. The van der Waals surface area contributed by atoms with Gasteiger partial charge in [0.2, 0.25) is 0 Å². The number of piperidine rings is 1. The van der Waals surface area contributed by atoms with Crippen LogP contribution in [0.25, 0.3) is 5.69 Å². The maximum Gasteiger partial charge on any atom is 0.273 e. The van der Waals surface area contributed by atoms with Gasteiger partial charge < -0.3 is 10.6 Å². The summed E-state index contributed by atoms with van der Waals surface area (Å²) in [6.45, 7) is 3.89. The van der Waals surface area contributed by atoms with E-state index in [0.29, 0.717) is 11.7 Å². The molecule has 1 atom stereocenters. The molecule has 8 nitrogen and oxygen atoms in total. The number of aromatic nitrogens is 5. The standard InChI is InChI=1S/C19H23N7O/c1-14(15-4-2-5-17(12-15)25-11-3-8-21-25)22-19(27)18-13-26(24-23-18)16-6-9-20-10-7-16/h2-5,8,11-14,16,20H,6-7,9-10H2,1H3,(H,22,27). The van der Waals surface area contributed by atoms with Crippen LogP contribution in [-0.4, -0.2) is 43.8 Å². The fourth-order valence-corrected chi connectivity index (χ4v) is 3.34. The third-order valence-corrected chi connectivity index (χ3v) is 4.91. The molecular formula is C19H23N7O. The summed E-state index contributed by atoms with van der Waals surface area (Å²) in [5.74, 6) is -0.216. The molecule has 2 N–H and O–H groups in total. The predicted molar refractivity (Wildman–Crippen MR) is 101 cm³/mol. The molecule has 1 aliphatic rings. The second-order valence-electron chi connectivity index (χ2n) is 6.81. The monoisotopic (exact) mass is 365 g/mol. The quantitative estimate of drug-likeness (QED) is 0.721. The summed E-state index contributed by atoms with van der Waals surface area (Å²) >= 11 is 0. The molecule has 1 aliphatic heterocycles. The number of carbonyl (C=O) groups excluding carboxylic acids is 1. The molecule has 27 heavy (non-hydrogen) atoms. The van der Waals surface area contributed by atoms with E-state index in [2.05, 4.69) is 26.0 Å². The van der Waals surface area contributed by atoms with E-state index in [-0.39, 0.29) is 11.9 Å². The van der Waals surface area contributed by atoms with Crippen LogP contribution in [0.2, 0.25) is 0 Å². The Balaban J connectivity index is 1.43. The van der Waals surface area contributed by atoms with E-state index in [4.69, 9.17) is 0 Å².